The Bertz CT molecular complexity index is 355. The molecule has 1 rings (SSSR count). The van der Waals surface area contributed by atoms with Gasteiger partial charge >= 0.3 is 0 Å². The second-order valence-electron chi connectivity index (χ2n) is 3.06. The summed E-state index contributed by atoms with van der Waals surface area (Å²) in [7, 11) is 2.80. The number of methoxy groups -OCH3 is 2. The quantitative estimate of drug-likeness (QED) is 0.749. The number of halogens is 1. The normalized spacial score (nSPS) is 10.2. The Kier molecular flexibility index (Phi) is 3.88. The Labute approximate surface area is 87.6 Å². The van der Waals surface area contributed by atoms with Gasteiger partial charge in [0.05, 0.1) is 14.2 Å². The first kappa shape index (κ1) is 11.7. The minimum Gasteiger partial charge on any atom is -0.492 e. The Morgan fingerprint density at radius 3 is 2.40 bits per heavy atom. The van der Waals surface area contributed by atoms with E-state index in [0.717, 1.165) is 0 Å². The number of hydrogen-bond donors (Lipinski definition) is 2. The van der Waals surface area contributed by atoms with Gasteiger partial charge in [0.2, 0.25) is 0 Å². The van der Waals surface area contributed by atoms with Crippen LogP contribution in [-0.4, -0.2) is 19.4 Å². The van der Waals surface area contributed by atoms with E-state index >= 15 is 0 Å². The average molecular weight is 215 g/mol. The summed E-state index contributed by atoms with van der Waals surface area (Å²) >= 11 is 0. The van der Waals surface area contributed by atoms with Crippen molar-refractivity contribution >= 4 is 0 Å². The van der Waals surface area contributed by atoms with Crippen molar-refractivity contribution < 1.29 is 19.1 Å². The van der Waals surface area contributed by atoms with Gasteiger partial charge in [-0.3, -0.25) is 0 Å². The van der Waals surface area contributed by atoms with Crippen LogP contribution < -0.4 is 15.0 Å². The highest BCUT2D eigenvalue weighted by atomic mass is 19.1. The van der Waals surface area contributed by atoms with Gasteiger partial charge in [0.1, 0.15) is 0 Å². The lowest BCUT2D eigenvalue weighted by atomic mass is 10.1. The average Bonchev–Trinajstić information content (AvgIpc) is 2.21. The van der Waals surface area contributed by atoms with E-state index in [1.807, 2.05) is 5.48 Å². The Morgan fingerprint density at radius 1 is 1.33 bits per heavy atom. The molecule has 0 saturated heterocycles. The summed E-state index contributed by atoms with van der Waals surface area (Å²) in [5, 5.41) is 8.66. The van der Waals surface area contributed by atoms with Crippen LogP contribution >= 0.6 is 0 Å². The van der Waals surface area contributed by atoms with Crippen molar-refractivity contribution in [1.82, 2.24) is 5.48 Å². The lowest BCUT2D eigenvalue weighted by Gasteiger charge is -2.15. The molecular formula is C10H14FNO3. The predicted molar refractivity (Wildman–Crippen MR) is 52.9 cm³/mol. The van der Waals surface area contributed by atoms with Gasteiger partial charge in [0.15, 0.2) is 17.3 Å². The number of benzene rings is 1. The number of aryl methyl sites for hydroxylation is 1. The Hall–Kier alpha value is -1.33. The van der Waals surface area contributed by atoms with E-state index in [9.17, 15) is 4.39 Å². The number of nitrogens with one attached hydrogen (secondary N) is 1. The molecule has 4 nitrogen and oxygen atoms in total. The highest BCUT2D eigenvalue weighted by Gasteiger charge is 2.17. The molecule has 0 spiro atoms. The topological polar surface area (TPSA) is 50.7 Å². The van der Waals surface area contributed by atoms with Gasteiger partial charge in [-0.05, 0) is 18.6 Å². The molecule has 0 amide bonds. The van der Waals surface area contributed by atoms with Crippen LogP contribution in [0, 0.1) is 12.7 Å². The Morgan fingerprint density at radius 2 is 1.93 bits per heavy atom. The zero-order chi connectivity index (χ0) is 11.4. The van der Waals surface area contributed by atoms with Crippen molar-refractivity contribution in [2.75, 3.05) is 14.2 Å². The summed E-state index contributed by atoms with van der Waals surface area (Å²) in [6, 6.07) is 1.34. The smallest absolute Gasteiger partial charge is 0.197 e. The van der Waals surface area contributed by atoms with E-state index < -0.39 is 5.82 Å². The monoisotopic (exact) mass is 215 g/mol. The SMILES string of the molecule is COc1c(F)cc(C)c(CNO)c1OC. The number of hydroxylamine groups is 1. The number of ether oxygens (including phenoxy) is 2. The van der Waals surface area contributed by atoms with Gasteiger partial charge in [-0.2, -0.15) is 0 Å². The minimum atomic E-state index is -0.478. The molecule has 0 aliphatic heterocycles. The fraction of sp³-hybridized carbons (Fsp3) is 0.400. The molecule has 1 aromatic rings. The van der Waals surface area contributed by atoms with E-state index in [4.69, 9.17) is 14.7 Å². The molecule has 0 aromatic heterocycles. The molecule has 84 valence electrons. The zero-order valence-electron chi connectivity index (χ0n) is 8.93. The van der Waals surface area contributed by atoms with E-state index in [1.165, 1.54) is 20.3 Å². The second kappa shape index (κ2) is 4.95. The maximum absolute atomic E-state index is 13.4. The van der Waals surface area contributed by atoms with E-state index in [0.29, 0.717) is 16.9 Å². The summed E-state index contributed by atoms with van der Waals surface area (Å²) in [5.74, 6) is -0.126. The van der Waals surface area contributed by atoms with Gasteiger partial charge in [-0.25, -0.2) is 9.87 Å². The summed E-state index contributed by atoms with van der Waals surface area (Å²) in [4.78, 5) is 0. The van der Waals surface area contributed by atoms with Crippen LogP contribution in [0.5, 0.6) is 11.5 Å². The largest absolute Gasteiger partial charge is 0.492 e. The van der Waals surface area contributed by atoms with E-state index in [-0.39, 0.29) is 12.3 Å². The molecule has 0 fully saturated rings. The maximum Gasteiger partial charge on any atom is 0.197 e. The van der Waals surface area contributed by atoms with Gasteiger partial charge in [-0.1, -0.05) is 0 Å². The molecule has 15 heavy (non-hydrogen) atoms. The highest BCUT2D eigenvalue weighted by Crippen LogP contribution is 2.35. The van der Waals surface area contributed by atoms with Crippen molar-refractivity contribution in [1.29, 1.82) is 0 Å². The molecule has 5 heteroatoms. The first-order chi connectivity index (χ1) is 7.15. The molecule has 2 N–H and O–H groups in total. The van der Waals surface area contributed by atoms with Crippen molar-refractivity contribution in [3.63, 3.8) is 0 Å². The second-order valence-corrected chi connectivity index (χ2v) is 3.06. The first-order valence-corrected chi connectivity index (χ1v) is 4.42. The third-order valence-corrected chi connectivity index (χ3v) is 2.18. The van der Waals surface area contributed by atoms with Crippen LogP contribution in [0.3, 0.4) is 0 Å². The van der Waals surface area contributed by atoms with Crippen molar-refractivity contribution in [3.8, 4) is 11.5 Å². The van der Waals surface area contributed by atoms with Gasteiger partial charge in [0, 0.05) is 12.1 Å². The fourth-order valence-corrected chi connectivity index (χ4v) is 1.47. The van der Waals surface area contributed by atoms with Crippen molar-refractivity contribution in [2.45, 2.75) is 13.5 Å². The molecule has 0 aliphatic rings. The fourth-order valence-electron chi connectivity index (χ4n) is 1.47. The van der Waals surface area contributed by atoms with Crippen LogP contribution in [0.25, 0.3) is 0 Å². The molecule has 0 bridgehead atoms. The van der Waals surface area contributed by atoms with Gasteiger partial charge < -0.3 is 14.7 Å². The molecule has 0 unspecified atom stereocenters. The van der Waals surface area contributed by atoms with E-state index in [2.05, 4.69) is 0 Å². The lowest BCUT2D eigenvalue weighted by molar-refractivity contribution is 0.159. The summed E-state index contributed by atoms with van der Waals surface area (Å²) in [5.41, 5.74) is 3.36. The maximum atomic E-state index is 13.4. The molecule has 0 radical (unpaired) electrons. The highest BCUT2D eigenvalue weighted by molar-refractivity contribution is 5.51. The number of rotatable bonds is 4. The van der Waals surface area contributed by atoms with Gasteiger partial charge in [0.25, 0.3) is 0 Å². The lowest BCUT2D eigenvalue weighted by Crippen LogP contribution is -2.10. The molecular weight excluding hydrogens is 201 g/mol. The molecule has 0 saturated carbocycles. The van der Waals surface area contributed by atoms with Crippen LogP contribution in [0.1, 0.15) is 11.1 Å². The van der Waals surface area contributed by atoms with Crippen LogP contribution in [0.2, 0.25) is 0 Å². The number of hydrogen-bond acceptors (Lipinski definition) is 4. The first-order valence-electron chi connectivity index (χ1n) is 4.42. The van der Waals surface area contributed by atoms with E-state index in [1.54, 1.807) is 6.92 Å². The minimum absolute atomic E-state index is 0.0494. The molecule has 0 aliphatic carbocycles. The van der Waals surface area contributed by atoms with Crippen molar-refractivity contribution in [2.24, 2.45) is 0 Å². The molecule has 1 aromatic carbocycles. The third kappa shape index (κ3) is 2.19. The van der Waals surface area contributed by atoms with Crippen LogP contribution in [0.15, 0.2) is 6.07 Å². The summed E-state index contributed by atoms with van der Waals surface area (Å²) in [6.07, 6.45) is 0. The Balaban J connectivity index is 3.35. The summed E-state index contributed by atoms with van der Waals surface area (Å²) in [6.45, 7) is 1.91. The summed E-state index contributed by atoms with van der Waals surface area (Å²) < 4.78 is 23.4. The van der Waals surface area contributed by atoms with Gasteiger partial charge in [-0.15, -0.1) is 0 Å². The zero-order valence-corrected chi connectivity index (χ0v) is 8.93. The standard InChI is InChI=1S/C10H14FNO3/c1-6-4-8(11)10(15-3)9(14-2)7(6)5-12-13/h4,12-13H,5H2,1-3H3. The predicted octanol–water partition coefficient (Wildman–Crippen LogP) is 1.63. The third-order valence-electron chi connectivity index (χ3n) is 2.18. The van der Waals surface area contributed by atoms with Crippen LogP contribution in [-0.2, 0) is 6.54 Å². The van der Waals surface area contributed by atoms with Crippen LogP contribution in [0.4, 0.5) is 4.39 Å². The molecule has 0 atom stereocenters. The van der Waals surface area contributed by atoms with Crippen molar-refractivity contribution in [3.05, 3.63) is 23.0 Å². The molecule has 0 heterocycles.